The number of thioether (sulfide) groups is 1. The first-order chi connectivity index (χ1) is 10.5. The Morgan fingerprint density at radius 1 is 1.32 bits per heavy atom. The van der Waals surface area contributed by atoms with E-state index in [1.165, 1.54) is 5.56 Å². The van der Waals surface area contributed by atoms with Crippen molar-refractivity contribution in [2.24, 2.45) is 0 Å². The standard InChI is InChI=1S/C15H16F2N2OS2/c1-19(8-11-6-7-21-10-11)9-14(20)18-12-2-4-13(5-3-12)22-15(16)17/h2-7,10,15H,8-9H2,1H3,(H,18,20). The maximum atomic E-state index is 12.2. The van der Waals surface area contributed by atoms with E-state index < -0.39 is 5.76 Å². The number of carbonyl (C=O) groups excluding carboxylic acids is 1. The molecule has 1 aromatic heterocycles. The predicted octanol–water partition coefficient (Wildman–Crippen LogP) is 4.13. The zero-order chi connectivity index (χ0) is 15.9. The number of benzene rings is 1. The zero-order valence-electron chi connectivity index (χ0n) is 12.0. The quantitative estimate of drug-likeness (QED) is 0.768. The lowest BCUT2D eigenvalue weighted by Crippen LogP contribution is -2.29. The molecule has 1 amide bonds. The maximum Gasteiger partial charge on any atom is 0.288 e. The van der Waals surface area contributed by atoms with Gasteiger partial charge in [0.05, 0.1) is 6.54 Å². The molecule has 22 heavy (non-hydrogen) atoms. The summed E-state index contributed by atoms with van der Waals surface area (Å²) in [6.45, 7) is 0.976. The van der Waals surface area contributed by atoms with Crippen molar-refractivity contribution in [1.82, 2.24) is 4.90 Å². The molecule has 0 radical (unpaired) electrons. The van der Waals surface area contributed by atoms with Crippen LogP contribution in [-0.2, 0) is 11.3 Å². The van der Waals surface area contributed by atoms with E-state index in [9.17, 15) is 13.6 Å². The predicted molar refractivity (Wildman–Crippen MR) is 87.6 cm³/mol. The highest BCUT2D eigenvalue weighted by molar-refractivity contribution is 7.99. The van der Waals surface area contributed by atoms with Gasteiger partial charge in [0.2, 0.25) is 5.91 Å². The number of hydrogen-bond donors (Lipinski definition) is 1. The van der Waals surface area contributed by atoms with Crippen LogP contribution >= 0.6 is 23.1 Å². The second-order valence-electron chi connectivity index (χ2n) is 4.75. The molecule has 1 N–H and O–H groups in total. The van der Waals surface area contributed by atoms with Gasteiger partial charge in [-0.2, -0.15) is 20.1 Å². The van der Waals surface area contributed by atoms with E-state index >= 15 is 0 Å². The van der Waals surface area contributed by atoms with Crippen LogP contribution in [0.5, 0.6) is 0 Å². The number of hydrogen-bond acceptors (Lipinski definition) is 4. The van der Waals surface area contributed by atoms with Crippen LogP contribution in [-0.4, -0.2) is 30.2 Å². The highest BCUT2D eigenvalue weighted by Crippen LogP contribution is 2.26. The molecule has 0 saturated carbocycles. The van der Waals surface area contributed by atoms with E-state index in [0.29, 0.717) is 28.9 Å². The van der Waals surface area contributed by atoms with E-state index in [1.807, 2.05) is 28.8 Å². The molecule has 0 unspecified atom stereocenters. The molecule has 7 heteroatoms. The Balaban J connectivity index is 1.81. The summed E-state index contributed by atoms with van der Waals surface area (Å²) in [5.74, 6) is -2.57. The minimum atomic E-state index is -2.44. The van der Waals surface area contributed by atoms with E-state index in [-0.39, 0.29) is 12.5 Å². The number of amides is 1. The van der Waals surface area contributed by atoms with Gasteiger partial charge in [-0.05, 0) is 53.7 Å². The normalized spacial score (nSPS) is 11.1. The fourth-order valence-corrected chi connectivity index (χ4v) is 3.07. The summed E-state index contributed by atoms with van der Waals surface area (Å²) < 4.78 is 24.4. The molecule has 1 heterocycles. The van der Waals surface area contributed by atoms with Crippen molar-refractivity contribution in [3.63, 3.8) is 0 Å². The van der Waals surface area contributed by atoms with Gasteiger partial charge in [-0.15, -0.1) is 0 Å². The Hall–Kier alpha value is -1.44. The molecule has 2 aromatic rings. The minimum Gasteiger partial charge on any atom is -0.325 e. The maximum absolute atomic E-state index is 12.2. The minimum absolute atomic E-state index is 0.132. The SMILES string of the molecule is CN(CC(=O)Nc1ccc(SC(F)F)cc1)Cc1ccsc1. The Morgan fingerprint density at radius 3 is 2.64 bits per heavy atom. The molecular formula is C15H16F2N2OS2. The number of rotatable bonds is 7. The van der Waals surface area contributed by atoms with Crippen molar-refractivity contribution in [3.05, 3.63) is 46.7 Å². The van der Waals surface area contributed by atoms with Crippen LogP contribution in [0.2, 0.25) is 0 Å². The first-order valence-electron chi connectivity index (χ1n) is 6.57. The molecule has 3 nitrogen and oxygen atoms in total. The lowest BCUT2D eigenvalue weighted by molar-refractivity contribution is -0.117. The van der Waals surface area contributed by atoms with Crippen molar-refractivity contribution in [2.75, 3.05) is 18.9 Å². The molecule has 0 atom stereocenters. The summed E-state index contributed by atoms with van der Waals surface area (Å²) in [5.41, 5.74) is 1.78. The van der Waals surface area contributed by atoms with Crippen LogP contribution < -0.4 is 5.32 Å². The van der Waals surface area contributed by atoms with Crippen molar-refractivity contribution >= 4 is 34.7 Å². The highest BCUT2D eigenvalue weighted by Gasteiger charge is 2.09. The van der Waals surface area contributed by atoms with E-state index in [0.717, 1.165) is 0 Å². The van der Waals surface area contributed by atoms with Crippen LogP contribution in [0.4, 0.5) is 14.5 Å². The van der Waals surface area contributed by atoms with Gasteiger partial charge in [0, 0.05) is 17.1 Å². The average Bonchev–Trinajstić information content (AvgIpc) is 2.93. The molecule has 2 rings (SSSR count). The second-order valence-corrected chi connectivity index (χ2v) is 6.60. The van der Waals surface area contributed by atoms with Crippen molar-refractivity contribution < 1.29 is 13.6 Å². The highest BCUT2D eigenvalue weighted by atomic mass is 32.2. The van der Waals surface area contributed by atoms with Crippen molar-refractivity contribution in [3.8, 4) is 0 Å². The lowest BCUT2D eigenvalue weighted by Gasteiger charge is -2.15. The number of alkyl halides is 2. The Labute approximate surface area is 136 Å². The summed E-state index contributed by atoms with van der Waals surface area (Å²) >= 11 is 2.11. The zero-order valence-corrected chi connectivity index (χ0v) is 13.6. The van der Waals surface area contributed by atoms with Gasteiger partial charge in [-0.25, -0.2) is 0 Å². The third-order valence-corrected chi connectivity index (χ3v) is 4.26. The number of likely N-dealkylation sites (N-methyl/N-ethyl adjacent to an activating group) is 1. The van der Waals surface area contributed by atoms with Crippen LogP contribution in [0, 0.1) is 0 Å². The Kier molecular flexibility index (Phi) is 6.35. The van der Waals surface area contributed by atoms with Gasteiger partial charge in [-0.3, -0.25) is 9.69 Å². The molecular weight excluding hydrogens is 326 g/mol. The molecule has 0 bridgehead atoms. The molecule has 0 aliphatic rings. The van der Waals surface area contributed by atoms with Gasteiger partial charge >= 0.3 is 0 Å². The van der Waals surface area contributed by atoms with Gasteiger partial charge in [0.15, 0.2) is 0 Å². The summed E-state index contributed by atoms with van der Waals surface area (Å²) in [6.07, 6.45) is 0. The summed E-state index contributed by atoms with van der Waals surface area (Å²) in [7, 11) is 1.87. The van der Waals surface area contributed by atoms with Gasteiger partial charge in [0.25, 0.3) is 5.76 Å². The number of thiophene rings is 1. The molecule has 0 spiro atoms. The molecule has 0 aliphatic heterocycles. The molecule has 0 fully saturated rings. The molecule has 0 aliphatic carbocycles. The van der Waals surface area contributed by atoms with Crippen molar-refractivity contribution in [1.29, 1.82) is 0 Å². The summed E-state index contributed by atoms with van der Waals surface area (Å²) in [6, 6.07) is 8.42. The number of nitrogens with one attached hydrogen (secondary N) is 1. The monoisotopic (exact) mass is 342 g/mol. The van der Waals surface area contributed by atoms with Crippen LogP contribution in [0.15, 0.2) is 46.0 Å². The fraction of sp³-hybridized carbons (Fsp3) is 0.267. The first kappa shape index (κ1) is 16.9. The van der Waals surface area contributed by atoms with Crippen molar-refractivity contribution in [2.45, 2.75) is 17.2 Å². The Bertz CT molecular complexity index is 588. The van der Waals surface area contributed by atoms with Gasteiger partial charge in [-0.1, -0.05) is 11.8 Å². The smallest absolute Gasteiger partial charge is 0.288 e. The molecule has 1 aromatic carbocycles. The topological polar surface area (TPSA) is 32.3 Å². The Morgan fingerprint density at radius 2 is 2.05 bits per heavy atom. The third-order valence-electron chi connectivity index (χ3n) is 2.81. The van der Waals surface area contributed by atoms with E-state index in [1.54, 1.807) is 35.6 Å². The van der Waals surface area contributed by atoms with E-state index in [2.05, 4.69) is 5.32 Å². The largest absolute Gasteiger partial charge is 0.325 e. The van der Waals surface area contributed by atoms with Crippen LogP contribution in [0.3, 0.4) is 0 Å². The number of halogens is 2. The number of nitrogens with zero attached hydrogens (tertiary/aromatic N) is 1. The van der Waals surface area contributed by atoms with E-state index in [4.69, 9.17) is 0 Å². The number of carbonyl (C=O) groups is 1. The van der Waals surface area contributed by atoms with Crippen LogP contribution in [0.25, 0.3) is 0 Å². The third kappa shape index (κ3) is 5.75. The summed E-state index contributed by atoms with van der Waals surface area (Å²) in [4.78, 5) is 14.3. The number of anilines is 1. The lowest BCUT2D eigenvalue weighted by atomic mass is 10.3. The van der Waals surface area contributed by atoms with Gasteiger partial charge < -0.3 is 5.32 Å². The average molecular weight is 342 g/mol. The second kappa shape index (κ2) is 8.26. The van der Waals surface area contributed by atoms with Gasteiger partial charge in [0.1, 0.15) is 0 Å². The molecule has 118 valence electrons. The summed E-state index contributed by atoms with van der Waals surface area (Å²) in [5, 5.41) is 6.81. The molecule has 0 saturated heterocycles. The fourth-order valence-electron chi connectivity index (χ4n) is 1.92. The first-order valence-corrected chi connectivity index (χ1v) is 8.39. The van der Waals surface area contributed by atoms with Crippen LogP contribution in [0.1, 0.15) is 5.56 Å².